The van der Waals surface area contributed by atoms with Crippen LogP contribution in [-0.2, 0) is 6.54 Å². The summed E-state index contributed by atoms with van der Waals surface area (Å²) < 4.78 is 0. The molecule has 124 valence electrons. The molecule has 1 heterocycles. The van der Waals surface area contributed by atoms with Crippen molar-refractivity contribution in [1.29, 1.82) is 0 Å². The van der Waals surface area contributed by atoms with Gasteiger partial charge in [0, 0.05) is 38.1 Å². The fourth-order valence-corrected chi connectivity index (χ4v) is 2.33. The van der Waals surface area contributed by atoms with Crippen LogP contribution in [0.4, 0.5) is 5.82 Å². The molecule has 0 aliphatic rings. The molecule has 0 spiro atoms. The number of guanidine groups is 1. The van der Waals surface area contributed by atoms with E-state index in [0.29, 0.717) is 6.54 Å². The Hall–Kier alpha value is -1.43. The van der Waals surface area contributed by atoms with Crippen LogP contribution in [0.2, 0.25) is 0 Å². The van der Waals surface area contributed by atoms with Crippen LogP contribution < -0.4 is 15.5 Å². The molecule has 0 saturated carbocycles. The molecular weight excluding hydrogens is 294 g/mol. The first-order chi connectivity index (χ1) is 10.7. The van der Waals surface area contributed by atoms with Gasteiger partial charge in [-0.05, 0) is 38.7 Å². The molecule has 0 amide bonds. The van der Waals surface area contributed by atoms with Gasteiger partial charge < -0.3 is 15.5 Å². The van der Waals surface area contributed by atoms with Gasteiger partial charge in [0.2, 0.25) is 0 Å². The minimum Gasteiger partial charge on any atom is -0.357 e. The number of hydrogen-bond acceptors (Lipinski definition) is 4. The van der Waals surface area contributed by atoms with Crippen molar-refractivity contribution in [1.82, 2.24) is 15.6 Å². The Morgan fingerprint density at radius 1 is 1.23 bits per heavy atom. The van der Waals surface area contributed by atoms with E-state index in [4.69, 9.17) is 0 Å². The fourth-order valence-electron chi connectivity index (χ4n) is 2.03. The zero-order chi connectivity index (χ0) is 16.2. The van der Waals surface area contributed by atoms with Crippen LogP contribution in [0.3, 0.4) is 0 Å². The minimum absolute atomic E-state index is 0.639. The number of nitrogens with zero attached hydrogens (tertiary/aromatic N) is 3. The van der Waals surface area contributed by atoms with E-state index in [9.17, 15) is 0 Å². The molecule has 0 saturated heterocycles. The second-order valence-corrected chi connectivity index (χ2v) is 5.80. The molecule has 22 heavy (non-hydrogen) atoms. The quantitative estimate of drug-likeness (QED) is 0.415. The van der Waals surface area contributed by atoms with Crippen LogP contribution in [0.25, 0.3) is 0 Å². The topological polar surface area (TPSA) is 52.6 Å². The SMILES string of the molecule is CCNC(=NCc1ccc(N(CC)CC)nc1)NCCSC. The van der Waals surface area contributed by atoms with Crippen molar-refractivity contribution in [2.75, 3.05) is 43.1 Å². The van der Waals surface area contributed by atoms with Crippen molar-refractivity contribution in [3.63, 3.8) is 0 Å². The van der Waals surface area contributed by atoms with Gasteiger partial charge in [-0.15, -0.1) is 0 Å². The Balaban J connectivity index is 2.61. The number of thioether (sulfide) groups is 1. The Labute approximate surface area is 139 Å². The van der Waals surface area contributed by atoms with E-state index in [1.54, 1.807) is 0 Å². The molecule has 6 heteroatoms. The van der Waals surface area contributed by atoms with Gasteiger partial charge in [-0.25, -0.2) is 9.98 Å². The van der Waals surface area contributed by atoms with Crippen LogP contribution in [0.5, 0.6) is 0 Å². The predicted molar refractivity (Wildman–Crippen MR) is 99.0 cm³/mol. The van der Waals surface area contributed by atoms with Gasteiger partial charge in [0.1, 0.15) is 5.82 Å². The van der Waals surface area contributed by atoms with Crippen molar-refractivity contribution in [3.8, 4) is 0 Å². The number of hydrogen-bond donors (Lipinski definition) is 2. The summed E-state index contributed by atoms with van der Waals surface area (Å²) in [5.41, 5.74) is 1.12. The van der Waals surface area contributed by atoms with Crippen molar-refractivity contribution >= 4 is 23.5 Å². The highest BCUT2D eigenvalue weighted by molar-refractivity contribution is 7.98. The van der Waals surface area contributed by atoms with Crippen molar-refractivity contribution in [2.45, 2.75) is 27.3 Å². The molecule has 2 N–H and O–H groups in total. The first-order valence-electron chi connectivity index (χ1n) is 7.96. The molecule has 0 aromatic carbocycles. The van der Waals surface area contributed by atoms with Crippen molar-refractivity contribution in [3.05, 3.63) is 23.9 Å². The van der Waals surface area contributed by atoms with Crippen LogP contribution in [-0.4, -0.2) is 49.1 Å². The zero-order valence-corrected chi connectivity index (χ0v) is 15.0. The number of pyridine rings is 1. The third kappa shape index (κ3) is 6.56. The molecule has 1 rings (SSSR count). The Morgan fingerprint density at radius 3 is 2.55 bits per heavy atom. The summed E-state index contributed by atoms with van der Waals surface area (Å²) in [4.78, 5) is 11.4. The molecule has 0 radical (unpaired) electrons. The van der Waals surface area contributed by atoms with E-state index in [1.165, 1.54) is 0 Å². The lowest BCUT2D eigenvalue weighted by atomic mass is 10.3. The first-order valence-corrected chi connectivity index (χ1v) is 9.35. The lowest BCUT2D eigenvalue weighted by Crippen LogP contribution is -2.38. The fraction of sp³-hybridized carbons (Fsp3) is 0.625. The van der Waals surface area contributed by atoms with Gasteiger partial charge in [-0.2, -0.15) is 11.8 Å². The summed E-state index contributed by atoms with van der Waals surface area (Å²) in [5.74, 6) is 2.97. The molecule has 0 unspecified atom stereocenters. The summed E-state index contributed by atoms with van der Waals surface area (Å²) in [6, 6.07) is 4.18. The summed E-state index contributed by atoms with van der Waals surface area (Å²) >= 11 is 1.82. The Morgan fingerprint density at radius 2 is 2.00 bits per heavy atom. The average Bonchev–Trinajstić information content (AvgIpc) is 2.55. The lowest BCUT2D eigenvalue weighted by molar-refractivity contribution is 0.835. The molecule has 0 bridgehead atoms. The lowest BCUT2D eigenvalue weighted by Gasteiger charge is -2.19. The van der Waals surface area contributed by atoms with Gasteiger partial charge in [0.15, 0.2) is 5.96 Å². The molecule has 0 atom stereocenters. The van der Waals surface area contributed by atoms with Crippen LogP contribution in [0.15, 0.2) is 23.3 Å². The molecule has 0 aliphatic heterocycles. The predicted octanol–water partition coefficient (Wildman–Crippen LogP) is 2.35. The van der Waals surface area contributed by atoms with E-state index in [1.807, 2.05) is 18.0 Å². The zero-order valence-electron chi connectivity index (χ0n) is 14.2. The first kappa shape index (κ1) is 18.6. The van der Waals surface area contributed by atoms with Gasteiger partial charge in [0.25, 0.3) is 0 Å². The maximum Gasteiger partial charge on any atom is 0.191 e. The van der Waals surface area contributed by atoms with Crippen molar-refractivity contribution in [2.24, 2.45) is 4.99 Å². The van der Waals surface area contributed by atoms with E-state index < -0.39 is 0 Å². The normalized spacial score (nSPS) is 11.4. The Bertz CT molecular complexity index is 429. The van der Waals surface area contributed by atoms with Crippen LogP contribution in [0.1, 0.15) is 26.3 Å². The van der Waals surface area contributed by atoms with Gasteiger partial charge in [-0.3, -0.25) is 0 Å². The van der Waals surface area contributed by atoms with E-state index in [0.717, 1.165) is 49.3 Å². The maximum absolute atomic E-state index is 4.60. The Kier molecular flexibility index (Phi) is 9.46. The summed E-state index contributed by atoms with van der Waals surface area (Å²) in [7, 11) is 0. The monoisotopic (exact) mass is 323 g/mol. The standard InChI is InChI=1S/C16H29N5S/c1-5-17-16(18-10-11-22-4)20-13-14-8-9-15(19-12-14)21(6-2)7-3/h8-9,12H,5-7,10-11,13H2,1-4H3,(H2,17,18,20). The van der Waals surface area contributed by atoms with E-state index in [2.05, 4.69) is 64.7 Å². The highest BCUT2D eigenvalue weighted by Gasteiger charge is 2.03. The van der Waals surface area contributed by atoms with Gasteiger partial charge in [-0.1, -0.05) is 6.07 Å². The van der Waals surface area contributed by atoms with Crippen LogP contribution >= 0.6 is 11.8 Å². The maximum atomic E-state index is 4.60. The third-order valence-corrected chi connectivity index (χ3v) is 3.87. The number of rotatable bonds is 9. The molecule has 0 fully saturated rings. The van der Waals surface area contributed by atoms with E-state index >= 15 is 0 Å². The van der Waals surface area contributed by atoms with Gasteiger partial charge >= 0.3 is 0 Å². The highest BCUT2D eigenvalue weighted by atomic mass is 32.2. The number of aliphatic imine (C=N–C) groups is 1. The highest BCUT2D eigenvalue weighted by Crippen LogP contribution is 2.11. The van der Waals surface area contributed by atoms with Crippen LogP contribution in [0, 0.1) is 0 Å². The smallest absolute Gasteiger partial charge is 0.191 e. The average molecular weight is 324 g/mol. The molecule has 1 aromatic heterocycles. The molecule has 0 aliphatic carbocycles. The number of nitrogens with one attached hydrogen (secondary N) is 2. The third-order valence-electron chi connectivity index (χ3n) is 3.26. The van der Waals surface area contributed by atoms with Gasteiger partial charge in [0.05, 0.1) is 6.54 Å². The molecule has 1 aromatic rings. The molecule has 5 nitrogen and oxygen atoms in total. The van der Waals surface area contributed by atoms with Crippen molar-refractivity contribution < 1.29 is 0 Å². The second-order valence-electron chi connectivity index (χ2n) is 4.81. The number of aromatic nitrogens is 1. The summed E-state index contributed by atoms with van der Waals surface area (Å²) in [6.45, 7) is 10.7. The second kappa shape index (κ2) is 11.2. The largest absolute Gasteiger partial charge is 0.357 e. The summed E-state index contributed by atoms with van der Waals surface area (Å²) in [5, 5.41) is 6.59. The minimum atomic E-state index is 0.639. The summed E-state index contributed by atoms with van der Waals surface area (Å²) in [6.07, 6.45) is 4.03. The van der Waals surface area contributed by atoms with E-state index in [-0.39, 0.29) is 0 Å². The number of anilines is 1. The molecular formula is C16H29N5S.